The lowest BCUT2D eigenvalue weighted by Crippen LogP contribution is -2.50. The van der Waals surface area contributed by atoms with Crippen molar-refractivity contribution in [3.05, 3.63) is 52.4 Å². The van der Waals surface area contributed by atoms with E-state index >= 15 is 0 Å². The van der Waals surface area contributed by atoms with Crippen LogP contribution in [0.4, 0.5) is 8.78 Å². The number of benzene rings is 1. The van der Waals surface area contributed by atoms with Crippen molar-refractivity contribution < 1.29 is 18.1 Å². The number of carbonyl (C=O) groups excluding carboxylic acids is 1. The van der Waals surface area contributed by atoms with Crippen LogP contribution in [0.5, 0.6) is 0 Å². The molecule has 8 heteroatoms. The molecule has 2 N–H and O–H groups in total. The van der Waals surface area contributed by atoms with Gasteiger partial charge in [-0.25, -0.2) is 8.78 Å². The van der Waals surface area contributed by atoms with Gasteiger partial charge in [0.2, 0.25) is 5.91 Å². The number of amides is 1. The third kappa shape index (κ3) is 5.05. The van der Waals surface area contributed by atoms with Gasteiger partial charge in [0.25, 0.3) is 0 Å². The van der Waals surface area contributed by atoms with Crippen LogP contribution in [-0.4, -0.2) is 30.2 Å². The molecular formula is C19H24ClF2N3O2. The number of rotatable bonds is 5. The quantitative estimate of drug-likeness (QED) is 0.810. The summed E-state index contributed by atoms with van der Waals surface area (Å²) in [6, 6.07) is 3.81. The lowest BCUT2D eigenvalue weighted by Gasteiger charge is -2.33. The van der Waals surface area contributed by atoms with Crippen LogP contribution in [0, 0.1) is 25.5 Å². The highest BCUT2D eigenvalue weighted by atomic mass is 35.5. The lowest BCUT2D eigenvalue weighted by molar-refractivity contribution is -0.122. The monoisotopic (exact) mass is 399 g/mol. The summed E-state index contributed by atoms with van der Waals surface area (Å²) >= 11 is 0. The second-order valence-electron chi connectivity index (χ2n) is 6.75. The van der Waals surface area contributed by atoms with E-state index in [0.717, 1.165) is 36.0 Å². The molecule has 0 spiro atoms. The number of carbonyl (C=O) groups is 1. The molecule has 0 radical (unpaired) electrons. The van der Waals surface area contributed by atoms with Crippen LogP contribution in [0.3, 0.4) is 0 Å². The second-order valence-corrected chi connectivity index (χ2v) is 6.75. The van der Waals surface area contributed by atoms with Gasteiger partial charge in [-0.05, 0) is 50.9 Å². The van der Waals surface area contributed by atoms with Crippen LogP contribution in [0.25, 0.3) is 0 Å². The maximum atomic E-state index is 13.6. The molecule has 1 aromatic heterocycles. The summed E-state index contributed by atoms with van der Waals surface area (Å²) in [7, 11) is 0. The van der Waals surface area contributed by atoms with Crippen molar-refractivity contribution in [3.63, 3.8) is 0 Å². The van der Waals surface area contributed by atoms with Gasteiger partial charge in [-0.2, -0.15) is 0 Å². The summed E-state index contributed by atoms with van der Waals surface area (Å²) in [5.74, 6) is -1.11. The minimum absolute atomic E-state index is 0. The Bertz CT molecular complexity index is 778. The molecule has 2 aromatic rings. The third-order valence-electron chi connectivity index (χ3n) is 4.98. The molecule has 0 aliphatic carbocycles. The number of hydrogen-bond acceptors (Lipinski definition) is 4. The summed E-state index contributed by atoms with van der Waals surface area (Å²) in [6.45, 7) is 5.06. The van der Waals surface area contributed by atoms with E-state index in [9.17, 15) is 13.6 Å². The van der Waals surface area contributed by atoms with Gasteiger partial charge in [0.15, 0.2) is 11.6 Å². The average molecular weight is 400 g/mol. The first-order valence-corrected chi connectivity index (χ1v) is 8.82. The molecule has 0 bridgehead atoms. The number of aryl methyl sites for hydroxylation is 2. The maximum absolute atomic E-state index is 13.6. The first kappa shape index (κ1) is 21.3. The maximum Gasteiger partial charge on any atom is 0.220 e. The Morgan fingerprint density at radius 3 is 2.78 bits per heavy atom. The zero-order valence-corrected chi connectivity index (χ0v) is 16.2. The molecule has 3 rings (SSSR count). The first-order valence-electron chi connectivity index (χ1n) is 8.82. The van der Waals surface area contributed by atoms with Gasteiger partial charge in [0.1, 0.15) is 5.76 Å². The van der Waals surface area contributed by atoms with Gasteiger partial charge in [-0.15, -0.1) is 12.4 Å². The number of halogens is 3. The zero-order valence-electron chi connectivity index (χ0n) is 15.4. The van der Waals surface area contributed by atoms with Gasteiger partial charge in [-0.1, -0.05) is 11.2 Å². The minimum atomic E-state index is -0.859. The lowest BCUT2D eigenvalue weighted by atomic mass is 9.86. The van der Waals surface area contributed by atoms with Crippen molar-refractivity contribution in [2.45, 2.75) is 45.1 Å². The van der Waals surface area contributed by atoms with Gasteiger partial charge >= 0.3 is 0 Å². The molecule has 1 aliphatic heterocycles. The summed E-state index contributed by atoms with van der Waals surface area (Å²) < 4.78 is 31.9. The normalized spacial score (nSPS) is 19.4. The van der Waals surface area contributed by atoms with E-state index < -0.39 is 11.6 Å². The van der Waals surface area contributed by atoms with E-state index in [1.807, 2.05) is 13.8 Å². The van der Waals surface area contributed by atoms with Crippen LogP contribution in [0.2, 0.25) is 0 Å². The summed E-state index contributed by atoms with van der Waals surface area (Å²) in [6.07, 6.45) is 1.63. The van der Waals surface area contributed by atoms with Gasteiger partial charge in [0, 0.05) is 30.5 Å². The van der Waals surface area contributed by atoms with E-state index in [4.69, 9.17) is 4.52 Å². The van der Waals surface area contributed by atoms with E-state index in [-0.39, 0.29) is 30.3 Å². The van der Waals surface area contributed by atoms with Crippen molar-refractivity contribution in [1.29, 1.82) is 0 Å². The number of aromatic nitrogens is 1. The third-order valence-corrected chi connectivity index (χ3v) is 4.98. The van der Waals surface area contributed by atoms with E-state index in [0.29, 0.717) is 24.9 Å². The topological polar surface area (TPSA) is 67.2 Å². The highest BCUT2D eigenvalue weighted by molar-refractivity contribution is 5.85. The first-order chi connectivity index (χ1) is 12.5. The van der Waals surface area contributed by atoms with Gasteiger partial charge in [-0.3, -0.25) is 4.79 Å². The molecular weight excluding hydrogens is 376 g/mol. The Morgan fingerprint density at radius 2 is 2.11 bits per heavy atom. The van der Waals surface area contributed by atoms with Crippen LogP contribution in [0.15, 0.2) is 22.7 Å². The molecule has 1 saturated heterocycles. The Morgan fingerprint density at radius 1 is 1.33 bits per heavy atom. The Hall–Kier alpha value is -1.99. The largest absolute Gasteiger partial charge is 0.361 e. The SMILES string of the molecule is Cc1noc(C)c1CCC(=O)NC1CNCCC1c1ccc(F)c(F)c1.Cl. The van der Waals surface area contributed by atoms with E-state index in [2.05, 4.69) is 15.8 Å². The Kier molecular flexibility index (Phi) is 7.33. The van der Waals surface area contributed by atoms with Crippen molar-refractivity contribution in [3.8, 4) is 0 Å². The Balaban J connectivity index is 0.00000261. The zero-order chi connectivity index (χ0) is 18.7. The predicted octanol–water partition coefficient (Wildman–Crippen LogP) is 3.19. The van der Waals surface area contributed by atoms with Crippen LogP contribution >= 0.6 is 12.4 Å². The molecule has 1 aromatic carbocycles. The standard InChI is InChI=1S/C19H23F2N3O2.ClH/c1-11-14(12(2)26-24-11)4-6-19(25)23-18-10-22-8-7-15(18)13-3-5-16(20)17(21)9-13;/h3,5,9,15,18,22H,4,6-8,10H2,1-2H3,(H,23,25);1H. The van der Waals surface area contributed by atoms with Crippen molar-refractivity contribution >= 4 is 18.3 Å². The summed E-state index contributed by atoms with van der Waals surface area (Å²) in [5, 5.41) is 10.2. The number of piperidine rings is 1. The van der Waals surface area contributed by atoms with Crippen molar-refractivity contribution in [2.24, 2.45) is 0 Å². The predicted molar refractivity (Wildman–Crippen MR) is 100 cm³/mol. The number of hydrogen-bond donors (Lipinski definition) is 2. The molecule has 148 valence electrons. The number of nitrogens with one attached hydrogen (secondary N) is 2. The molecule has 1 amide bonds. The van der Waals surface area contributed by atoms with Crippen LogP contribution in [-0.2, 0) is 11.2 Å². The summed E-state index contributed by atoms with van der Waals surface area (Å²) in [5.41, 5.74) is 2.47. The number of nitrogens with zero attached hydrogens (tertiary/aromatic N) is 1. The van der Waals surface area contributed by atoms with Crippen LogP contribution < -0.4 is 10.6 Å². The fourth-order valence-electron chi connectivity index (χ4n) is 3.53. The highest BCUT2D eigenvalue weighted by Gasteiger charge is 2.28. The highest BCUT2D eigenvalue weighted by Crippen LogP contribution is 2.27. The summed E-state index contributed by atoms with van der Waals surface area (Å²) in [4.78, 5) is 12.4. The average Bonchev–Trinajstić information content (AvgIpc) is 2.94. The minimum Gasteiger partial charge on any atom is -0.361 e. The molecule has 5 nitrogen and oxygen atoms in total. The molecule has 0 saturated carbocycles. The smallest absolute Gasteiger partial charge is 0.220 e. The van der Waals surface area contributed by atoms with E-state index in [1.54, 1.807) is 6.07 Å². The van der Waals surface area contributed by atoms with Crippen LogP contribution in [0.1, 0.15) is 41.3 Å². The second kappa shape index (κ2) is 9.28. The molecule has 2 heterocycles. The van der Waals surface area contributed by atoms with E-state index in [1.165, 1.54) is 6.07 Å². The molecule has 1 fully saturated rings. The molecule has 2 unspecified atom stereocenters. The fraction of sp³-hybridized carbons (Fsp3) is 0.474. The fourth-order valence-corrected chi connectivity index (χ4v) is 3.53. The van der Waals surface area contributed by atoms with Gasteiger partial charge in [0.05, 0.1) is 5.69 Å². The molecule has 2 atom stereocenters. The van der Waals surface area contributed by atoms with Gasteiger partial charge < -0.3 is 15.2 Å². The van der Waals surface area contributed by atoms with Crippen molar-refractivity contribution in [2.75, 3.05) is 13.1 Å². The molecule has 1 aliphatic rings. The van der Waals surface area contributed by atoms with Crippen molar-refractivity contribution in [1.82, 2.24) is 15.8 Å². The Labute approximate surface area is 163 Å². The molecule has 27 heavy (non-hydrogen) atoms.